The Bertz CT molecular complexity index is 591. The Morgan fingerprint density at radius 2 is 1.90 bits per heavy atom. The largest absolute Gasteiger partial charge is 0.480 e. The van der Waals surface area contributed by atoms with Crippen LogP contribution in [0.5, 0.6) is 0 Å². The summed E-state index contributed by atoms with van der Waals surface area (Å²) in [4.78, 5) is 11.2. The summed E-state index contributed by atoms with van der Waals surface area (Å²) in [5.74, 6) is -0.644. The number of carboxylic acids is 1. The van der Waals surface area contributed by atoms with Crippen molar-refractivity contribution in [2.45, 2.75) is 18.8 Å². The van der Waals surface area contributed by atoms with E-state index in [1.54, 1.807) is 12.1 Å². The fourth-order valence-corrected chi connectivity index (χ4v) is 1.83. The van der Waals surface area contributed by atoms with Crippen LogP contribution in [0.25, 0.3) is 0 Å². The maximum Gasteiger partial charge on any atom is 0.416 e. The number of furan rings is 1. The number of alkyl halides is 3. The summed E-state index contributed by atoms with van der Waals surface area (Å²) in [5, 5.41) is 11.9. The lowest BCUT2D eigenvalue weighted by molar-refractivity contribution is -0.139. The van der Waals surface area contributed by atoms with Crippen molar-refractivity contribution in [2.75, 3.05) is 0 Å². The van der Waals surface area contributed by atoms with Crippen molar-refractivity contribution in [3.8, 4) is 0 Å². The number of hydrogen-bond donors (Lipinski definition) is 2. The lowest BCUT2D eigenvalue weighted by atomic mass is 10.0. The molecule has 2 rings (SSSR count). The van der Waals surface area contributed by atoms with Gasteiger partial charge in [-0.1, -0.05) is 12.1 Å². The molecule has 0 bridgehead atoms. The van der Waals surface area contributed by atoms with Crippen molar-refractivity contribution in [1.29, 1.82) is 0 Å². The van der Waals surface area contributed by atoms with Crippen molar-refractivity contribution in [1.82, 2.24) is 5.32 Å². The molecule has 0 aliphatic heterocycles. The standard InChI is InChI=1S/C14H12F3NO3/c15-14(16,17)10-5-3-9(4-6-10)12(13(19)20)18-8-11-2-1-7-21-11/h1-7,12,18H,8H2,(H,19,20). The van der Waals surface area contributed by atoms with Gasteiger partial charge in [0.15, 0.2) is 0 Å². The Morgan fingerprint density at radius 3 is 2.38 bits per heavy atom. The van der Waals surface area contributed by atoms with Gasteiger partial charge in [-0.3, -0.25) is 10.1 Å². The first kappa shape index (κ1) is 15.1. The van der Waals surface area contributed by atoms with E-state index in [9.17, 15) is 18.0 Å². The average Bonchev–Trinajstić information content (AvgIpc) is 2.91. The Hall–Kier alpha value is -2.28. The quantitative estimate of drug-likeness (QED) is 0.890. The van der Waals surface area contributed by atoms with E-state index >= 15 is 0 Å². The number of nitrogens with one attached hydrogen (secondary N) is 1. The Balaban J connectivity index is 2.12. The smallest absolute Gasteiger partial charge is 0.416 e. The summed E-state index contributed by atoms with van der Waals surface area (Å²) in [7, 11) is 0. The molecule has 0 saturated heterocycles. The van der Waals surface area contributed by atoms with Crippen molar-refractivity contribution < 1.29 is 27.5 Å². The molecule has 2 N–H and O–H groups in total. The topological polar surface area (TPSA) is 62.5 Å². The molecule has 0 amide bonds. The Morgan fingerprint density at radius 1 is 1.24 bits per heavy atom. The summed E-state index contributed by atoms with van der Waals surface area (Å²) in [6.45, 7) is 0.158. The molecular weight excluding hydrogens is 287 g/mol. The predicted octanol–water partition coefficient (Wildman–Crippen LogP) is 3.21. The van der Waals surface area contributed by atoms with E-state index in [-0.39, 0.29) is 12.1 Å². The molecule has 7 heteroatoms. The van der Waals surface area contributed by atoms with Gasteiger partial charge in [-0.25, -0.2) is 0 Å². The number of halogens is 3. The minimum Gasteiger partial charge on any atom is -0.480 e. The maximum absolute atomic E-state index is 12.5. The van der Waals surface area contributed by atoms with Crippen LogP contribution in [-0.2, 0) is 17.5 Å². The molecule has 2 aromatic rings. The summed E-state index contributed by atoms with van der Waals surface area (Å²) in [6, 6.07) is 6.23. The molecule has 0 radical (unpaired) electrons. The summed E-state index contributed by atoms with van der Waals surface area (Å²) >= 11 is 0. The van der Waals surface area contributed by atoms with Gasteiger partial charge < -0.3 is 9.52 Å². The zero-order valence-electron chi connectivity index (χ0n) is 10.7. The number of hydrogen-bond acceptors (Lipinski definition) is 3. The molecule has 1 unspecified atom stereocenters. The molecule has 0 aliphatic carbocycles. The fraction of sp³-hybridized carbons (Fsp3) is 0.214. The predicted molar refractivity (Wildman–Crippen MR) is 67.4 cm³/mol. The normalized spacial score (nSPS) is 13.1. The molecule has 0 fully saturated rings. The van der Waals surface area contributed by atoms with Crippen LogP contribution in [-0.4, -0.2) is 11.1 Å². The third-order valence-corrected chi connectivity index (χ3v) is 2.88. The van der Waals surface area contributed by atoms with Gasteiger partial charge in [0.1, 0.15) is 11.8 Å². The fourth-order valence-electron chi connectivity index (χ4n) is 1.83. The number of aliphatic carboxylic acids is 1. The number of rotatable bonds is 5. The SMILES string of the molecule is O=C(O)C(NCc1ccco1)c1ccc(C(F)(F)F)cc1. The van der Waals surface area contributed by atoms with Gasteiger partial charge in [0.2, 0.25) is 0 Å². The minimum absolute atomic E-state index is 0.158. The second-order valence-electron chi connectivity index (χ2n) is 4.35. The second kappa shape index (κ2) is 6.01. The molecule has 1 heterocycles. The molecule has 0 saturated carbocycles. The average molecular weight is 299 g/mol. The van der Waals surface area contributed by atoms with Crippen molar-refractivity contribution in [3.63, 3.8) is 0 Å². The van der Waals surface area contributed by atoms with Gasteiger partial charge in [-0.2, -0.15) is 13.2 Å². The van der Waals surface area contributed by atoms with E-state index < -0.39 is 23.8 Å². The Labute approximate surface area is 118 Å². The van der Waals surface area contributed by atoms with Crippen LogP contribution < -0.4 is 5.32 Å². The lowest BCUT2D eigenvalue weighted by Gasteiger charge is -2.15. The highest BCUT2D eigenvalue weighted by Crippen LogP contribution is 2.30. The van der Waals surface area contributed by atoms with Crippen LogP contribution in [0, 0.1) is 0 Å². The first-order chi connectivity index (χ1) is 9.88. The Kier molecular flexibility index (Phi) is 4.32. The minimum atomic E-state index is -4.45. The zero-order valence-corrected chi connectivity index (χ0v) is 10.7. The van der Waals surface area contributed by atoms with E-state index in [4.69, 9.17) is 9.52 Å². The molecule has 0 spiro atoms. The molecule has 4 nitrogen and oxygen atoms in total. The van der Waals surface area contributed by atoms with Gasteiger partial charge in [0, 0.05) is 0 Å². The monoisotopic (exact) mass is 299 g/mol. The van der Waals surface area contributed by atoms with Crippen molar-refractivity contribution in [3.05, 3.63) is 59.5 Å². The van der Waals surface area contributed by atoms with E-state index in [2.05, 4.69) is 5.32 Å². The second-order valence-corrected chi connectivity index (χ2v) is 4.35. The van der Waals surface area contributed by atoms with E-state index in [0.717, 1.165) is 24.3 Å². The van der Waals surface area contributed by atoms with Gasteiger partial charge in [0.05, 0.1) is 18.4 Å². The highest BCUT2D eigenvalue weighted by molar-refractivity contribution is 5.75. The van der Waals surface area contributed by atoms with E-state index in [1.165, 1.54) is 6.26 Å². The van der Waals surface area contributed by atoms with Gasteiger partial charge >= 0.3 is 12.1 Å². The molecule has 1 atom stereocenters. The van der Waals surface area contributed by atoms with Crippen LogP contribution in [0.15, 0.2) is 47.1 Å². The number of carbonyl (C=O) groups is 1. The first-order valence-corrected chi connectivity index (χ1v) is 6.03. The highest BCUT2D eigenvalue weighted by Gasteiger charge is 2.30. The van der Waals surface area contributed by atoms with E-state index in [1.807, 2.05) is 0 Å². The van der Waals surface area contributed by atoms with Gasteiger partial charge in [0.25, 0.3) is 0 Å². The molecule has 0 aliphatic rings. The molecule has 1 aromatic heterocycles. The van der Waals surface area contributed by atoms with E-state index in [0.29, 0.717) is 5.76 Å². The van der Waals surface area contributed by atoms with Crippen LogP contribution >= 0.6 is 0 Å². The van der Waals surface area contributed by atoms with Crippen LogP contribution in [0.4, 0.5) is 13.2 Å². The molecule has 1 aromatic carbocycles. The van der Waals surface area contributed by atoms with Crippen LogP contribution in [0.1, 0.15) is 22.9 Å². The van der Waals surface area contributed by atoms with Crippen LogP contribution in [0.3, 0.4) is 0 Å². The highest BCUT2D eigenvalue weighted by atomic mass is 19.4. The number of benzene rings is 1. The molecular formula is C14H12F3NO3. The summed E-state index contributed by atoms with van der Waals surface area (Å²) in [5.41, 5.74) is -0.580. The third-order valence-electron chi connectivity index (χ3n) is 2.88. The summed E-state index contributed by atoms with van der Waals surface area (Å²) < 4.78 is 42.5. The van der Waals surface area contributed by atoms with Crippen LogP contribution in [0.2, 0.25) is 0 Å². The summed E-state index contributed by atoms with van der Waals surface area (Å²) in [6.07, 6.45) is -3.00. The van der Waals surface area contributed by atoms with Gasteiger partial charge in [-0.15, -0.1) is 0 Å². The van der Waals surface area contributed by atoms with Gasteiger partial charge in [-0.05, 0) is 29.8 Å². The first-order valence-electron chi connectivity index (χ1n) is 6.03. The van der Waals surface area contributed by atoms with Crippen molar-refractivity contribution in [2.24, 2.45) is 0 Å². The zero-order chi connectivity index (χ0) is 15.5. The number of carboxylic acid groups (broad SMARTS) is 1. The molecule has 112 valence electrons. The maximum atomic E-state index is 12.5. The lowest BCUT2D eigenvalue weighted by Crippen LogP contribution is -2.28. The molecule has 21 heavy (non-hydrogen) atoms. The van der Waals surface area contributed by atoms with Crippen molar-refractivity contribution >= 4 is 5.97 Å². The third kappa shape index (κ3) is 3.85.